The quantitative estimate of drug-likeness (QED) is 0.311. The third kappa shape index (κ3) is 3.65. The molecule has 152 valence electrons. The monoisotopic (exact) mass is 492 g/mol. The fourth-order valence-electron chi connectivity index (χ4n) is 3.23. The number of phenols is 2. The molecule has 0 amide bonds. The molecule has 10 heteroatoms. The molecule has 0 aromatic heterocycles. The third-order valence-electron chi connectivity index (χ3n) is 4.35. The summed E-state index contributed by atoms with van der Waals surface area (Å²) in [5.41, 5.74) is -0.530. The van der Waals surface area contributed by atoms with E-state index in [9.17, 15) is 23.2 Å². The second-order valence-electron chi connectivity index (χ2n) is 6.10. The number of rotatable bonds is 4. The van der Waals surface area contributed by atoms with Crippen LogP contribution in [-0.2, 0) is 14.9 Å². The molecule has 0 bridgehead atoms. The molecule has 0 saturated heterocycles. The van der Waals surface area contributed by atoms with E-state index in [4.69, 9.17) is 46.4 Å². The molecule has 5 nitrogen and oxygen atoms in total. The predicted molar refractivity (Wildman–Crippen MR) is 114 cm³/mol. The summed E-state index contributed by atoms with van der Waals surface area (Å²) >= 11 is 24.7. The normalized spacial score (nSPS) is 13.8. The molecule has 1 unspecified atom stereocenters. The van der Waals surface area contributed by atoms with Gasteiger partial charge in [0.2, 0.25) is 0 Å². The number of aromatic hydroxyl groups is 2. The zero-order valence-electron chi connectivity index (χ0n) is 14.3. The van der Waals surface area contributed by atoms with E-state index >= 15 is 0 Å². The molecule has 1 atom stereocenters. The van der Waals surface area contributed by atoms with Gasteiger partial charge in [-0.3, -0.25) is 4.55 Å². The van der Waals surface area contributed by atoms with Gasteiger partial charge in [0.25, 0.3) is 10.1 Å². The molecular weight excluding hydrogens is 482 g/mol. The van der Waals surface area contributed by atoms with Crippen molar-refractivity contribution >= 4 is 56.5 Å². The number of benzene rings is 3. The van der Waals surface area contributed by atoms with Crippen molar-refractivity contribution in [3.63, 3.8) is 0 Å². The topological polar surface area (TPSA) is 94.8 Å². The summed E-state index contributed by atoms with van der Waals surface area (Å²) in [6, 6.07) is 12.3. The summed E-state index contributed by atoms with van der Waals surface area (Å²) < 4.78 is 34.0. The minimum absolute atomic E-state index is 0.0228. The average molecular weight is 494 g/mol. The van der Waals surface area contributed by atoms with Gasteiger partial charge in [0.05, 0.1) is 10.0 Å². The molecule has 0 aliphatic heterocycles. The van der Waals surface area contributed by atoms with Gasteiger partial charge < -0.3 is 10.2 Å². The Morgan fingerprint density at radius 3 is 1.66 bits per heavy atom. The first-order valence-corrected chi connectivity index (χ1v) is 10.8. The lowest BCUT2D eigenvalue weighted by Crippen LogP contribution is -2.39. The molecule has 3 aromatic carbocycles. The van der Waals surface area contributed by atoms with Crippen molar-refractivity contribution in [2.75, 3.05) is 0 Å². The summed E-state index contributed by atoms with van der Waals surface area (Å²) in [5, 5.41) is 19.5. The molecule has 3 N–H and O–H groups in total. The number of halogens is 4. The van der Waals surface area contributed by atoms with Crippen molar-refractivity contribution in [1.82, 2.24) is 0 Å². The van der Waals surface area contributed by atoms with Gasteiger partial charge in [-0.1, -0.05) is 76.7 Å². The predicted octanol–water partition coefficient (Wildman–Crippen LogP) is 5.89. The molecular formula is C19H12Cl4O5S. The Bertz CT molecular complexity index is 1150. The smallest absolute Gasteiger partial charge is 0.283 e. The van der Waals surface area contributed by atoms with Gasteiger partial charge in [-0.2, -0.15) is 8.42 Å². The highest BCUT2D eigenvalue weighted by Gasteiger charge is 2.52. The molecule has 0 fully saturated rings. The van der Waals surface area contributed by atoms with Crippen molar-refractivity contribution in [3.05, 3.63) is 91.4 Å². The Balaban J connectivity index is 2.67. The Hall–Kier alpha value is -1.67. The van der Waals surface area contributed by atoms with E-state index < -0.39 is 42.0 Å². The SMILES string of the molecule is O=S(=O)(O)C(c1ccccc1)(c1cc(Cl)cc(Cl)c1)c1c(Cl)c(O)cc(O)c1Cl. The van der Waals surface area contributed by atoms with Gasteiger partial charge >= 0.3 is 0 Å². The van der Waals surface area contributed by atoms with Crippen LogP contribution in [0.3, 0.4) is 0 Å². The zero-order valence-corrected chi connectivity index (χ0v) is 18.1. The lowest BCUT2D eigenvalue weighted by molar-refractivity contribution is 0.444. The van der Waals surface area contributed by atoms with Crippen LogP contribution in [0, 0.1) is 0 Å². The van der Waals surface area contributed by atoms with Crippen molar-refractivity contribution in [1.29, 1.82) is 0 Å². The maximum Gasteiger partial charge on any atom is 0.283 e. The maximum absolute atomic E-state index is 13.0. The lowest BCUT2D eigenvalue weighted by atomic mass is 9.83. The van der Waals surface area contributed by atoms with Gasteiger partial charge in [-0.15, -0.1) is 0 Å². The number of hydrogen-bond donors (Lipinski definition) is 3. The van der Waals surface area contributed by atoms with Crippen molar-refractivity contribution in [2.24, 2.45) is 0 Å². The highest BCUT2D eigenvalue weighted by atomic mass is 35.5. The van der Waals surface area contributed by atoms with Crippen molar-refractivity contribution in [2.45, 2.75) is 4.75 Å². The summed E-state index contributed by atoms with van der Waals surface area (Å²) in [5.74, 6) is -1.28. The van der Waals surface area contributed by atoms with Crippen LogP contribution in [0.1, 0.15) is 16.7 Å². The van der Waals surface area contributed by atoms with Crippen LogP contribution < -0.4 is 0 Å². The van der Waals surface area contributed by atoms with E-state index in [-0.39, 0.29) is 21.2 Å². The van der Waals surface area contributed by atoms with Gasteiger partial charge in [0, 0.05) is 21.7 Å². The number of phenolic OH excluding ortho intramolecular Hbond substituents is 2. The molecule has 0 aliphatic carbocycles. The molecule has 3 rings (SSSR count). The second-order valence-corrected chi connectivity index (χ2v) is 9.29. The van der Waals surface area contributed by atoms with E-state index in [1.165, 1.54) is 42.5 Å². The Morgan fingerprint density at radius 2 is 1.21 bits per heavy atom. The lowest BCUT2D eigenvalue weighted by Gasteiger charge is -2.34. The minimum atomic E-state index is -5.11. The summed E-state index contributed by atoms with van der Waals surface area (Å²) in [6.07, 6.45) is 0. The molecule has 0 aliphatic rings. The fourth-order valence-corrected chi connectivity index (χ4v) is 5.81. The molecule has 29 heavy (non-hydrogen) atoms. The third-order valence-corrected chi connectivity index (χ3v) is 7.00. The van der Waals surface area contributed by atoms with Crippen LogP contribution in [0.2, 0.25) is 20.1 Å². The largest absolute Gasteiger partial charge is 0.506 e. The highest BCUT2D eigenvalue weighted by Crippen LogP contribution is 2.53. The highest BCUT2D eigenvalue weighted by molar-refractivity contribution is 7.87. The van der Waals surface area contributed by atoms with E-state index in [2.05, 4.69) is 0 Å². The Kier molecular flexibility index (Phi) is 5.98. The summed E-state index contributed by atoms with van der Waals surface area (Å²) in [6.45, 7) is 0. The van der Waals surface area contributed by atoms with Gasteiger partial charge in [-0.25, -0.2) is 0 Å². The Morgan fingerprint density at radius 1 is 0.724 bits per heavy atom. The van der Waals surface area contributed by atoms with Crippen LogP contribution >= 0.6 is 46.4 Å². The van der Waals surface area contributed by atoms with Crippen LogP contribution in [0.15, 0.2) is 54.6 Å². The minimum Gasteiger partial charge on any atom is -0.506 e. The first-order chi connectivity index (χ1) is 13.5. The van der Waals surface area contributed by atoms with Crippen LogP contribution in [0.25, 0.3) is 0 Å². The molecule has 3 aromatic rings. The zero-order chi connectivity index (χ0) is 21.6. The molecule has 0 heterocycles. The fraction of sp³-hybridized carbons (Fsp3) is 0.0526. The molecule has 0 saturated carbocycles. The van der Waals surface area contributed by atoms with E-state index in [0.717, 1.165) is 6.07 Å². The van der Waals surface area contributed by atoms with Crippen LogP contribution in [-0.4, -0.2) is 23.2 Å². The summed E-state index contributed by atoms with van der Waals surface area (Å²) in [4.78, 5) is 0. The van der Waals surface area contributed by atoms with Crippen molar-refractivity contribution in [3.8, 4) is 11.5 Å². The Labute approximate surface area is 186 Å². The second kappa shape index (κ2) is 7.87. The maximum atomic E-state index is 13.0. The van der Waals surface area contributed by atoms with E-state index in [0.29, 0.717) is 0 Å². The van der Waals surface area contributed by atoms with Gasteiger partial charge in [-0.05, 0) is 29.3 Å². The van der Waals surface area contributed by atoms with Crippen LogP contribution in [0.5, 0.6) is 11.5 Å². The van der Waals surface area contributed by atoms with Crippen molar-refractivity contribution < 1.29 is 23.2 Å². The standard InChI is InChI=1S/C19H12Cl4O5S/c20-12-6-11(7-13(21)8-12)19(29(26,27)28,10-4-2-1-3-5-10)16-17(22)14(24)9-15(25)18(16)23/h1-9,24-25H,(H,26,27,28). The van der Waals surface area contributed by atoms with Gasteiger partial charge in [0.1, 0.15) is 11.5 Å². The molecule has 0 spiro atoms. The van der Waals surface area contributed by atoms with Crippen LogP contribution in [0.4, 0.5) is 0 Å². The first kappa shape index (κ1) is 22.0. The first-order valence-electron chi connectivity index (χ1n) is 7.89. The number of hydrogen-bond acceptors (Lipinski definition) is 4. The summed E-state index contributed by atoms with van der Waals surface area (Å²) in [7, 11) is -5.11. The van der Waals surface area contributed by atoms with E-state index in [1.807, 2.05) is 0 Å². The van der Waals surface area contributed by atoms with Gasteiger partial charge in [0.15, 0.2) is 4.75 Å². The molecule has 0 radical (unpaired) electrons. The van der Waals surface area contributed by atoms with E-state index in [1.54, 1.807) is 6.07 Å². The average Bonchev–Trinajstić information content (AvgIpc) is 2.62.